The molecule has 2 rings (SSSR count). The summed E-state index contributed by atoms with van der Waals surface area (Å²) < 4.78 is 1.04. The van der Waals surface area contributed by atoms with Crippen LogP contribution in [0.3, 0.4) is 0 Å². The molecule has 0 aliphatic carbocycles. The van der Waals surface area contributed by atoms with E-state index in [0.29, 0.717) is 5.69 Å². The summed E-state index contributed by atoms with van der Waals surface area (Å²) in [5, 5.41) is 13.4. The lowest BCUT2D eigenvalue weighted by Crippen LogP contribution is -2.14. The normalized spacial score (nSPS) is 10.1. The average molecular weight is 383 g/mol. The fourth-order valence-electron chi connectivity index (χ4n) is 1.59. The molecule has 7 heteroatoms. The van der Waals surface area contributed by atoms with E-state index in [0.717, 1.165) is 9.64 Å². The minimum atomic E-state index is -0.568. The van der Waals surface area contributed by atoms with Crippen LogP contribution < -0.4 is 11.1 Å². The Kier molecular flexibility index (Phi) is 4.18. The highest BCUT2D eigenvalue weighted by atomic mass is 127. The molecule has 0 heterocycles. The van der Waals surface area contributed by atoms with Crippen molar-refractivity contribution in [1.82, 2.24) is 0 Å². The van der Waals surface area contributed by atoms with E-state index >= 15 is 0 Å². The van der Waals surface area contributed by atoms with Gasteiger partial charge in [0.25, 0.3) is 11.6 Å². The van der Waals surface area contributed by atoms with E-state index in [-0.39, 0.29) is 16.9 Å². The molecule has 1 amide bonds. The molecule has 0 saturated heterocycles. The van der Waals surface area contributed by atoms with E-state index in [9.17, 15) is 14.9 Å². The van der Waals surface area contributed by atoms with Gasteiger partial charge in [-0.15, -0.1) is 0 Å². The van der Waals surface area contributed by atoms with Gasteiger partial charge in [-0.05, 0) is 52.9 Å². The third-order valence-corrected chi connectivity index (χ3v) is 3.31. The molecule has 0 bridgehead atoms. The highest BCUT2D eigenvalue weighted by Crippen LogP contribution is 2.21. The molecular formula is C13H10IN3O3. The Hall–Kier alpha value is -2.16. The van der Waals surface area contributed by atoms with Gasteiger partial charge in [-0.3, -0.25) is 14.9 Å². The second-order valence-electron chi connectivity index (χ2n) is 3.99. The second kappa shape index (κ2) is 5.87. The smallest absolute Gasteiger partial charge is 0.270 e. The highest BCUT2D eigenvalue weighted by molar-refractivity contribution is 14.1. The Morgan fingerprint density at radius 2 is 1.85 bits per heavy atom. The van der Waals surface area contributed by atoms with Crippen molar-refractivity contribution in [1.29, 1.82) is 0 Å². The molecule has 102 valence electrons. The predicted molar refractivity (Wildman–Crippen MR) is 84.6 cm³/mol. The first kappa shape index (κ1) is 14.3. The Balaban J connectivity index is 2.26. The third-order valence-electron chi connectivity index (χ3n) is 2.59. The molecule has 0 unspecified atom stereocenters. The average Bonchev–Trinajstić information content (AvgIpc) is 2.41. The van der Waals surface area contributed by atoms with Crippen molar-refractivity contribution in [2.75, 3.05) is 11.1 Å². The van der Waals surface area contributed by atoms with Crippen LogP contribution in [0.1, 0.15) is 10.4 Å². The first-order chi connectivity index (χ1) is 9.47. The van der Waals surface area contributed by atoms with Gasteiger partial charge >= 0.3 is 0 Å². The summed E-state index contributed by atoms with van der Waals surface area (Å²) >= 11 is 2.15. The van der Waals surface area contributed by atoms with Gasteiger partial charge in [-0.2, -0.15) is 0 Å². The van der Waals surface area contributed by atoms with Crippen LogP contribution in [-0.4, -0.2) is 10.8 Å². The number of benzene rings is 2. The van der Waals surface area contributed by atoms with Gasteiger partial charge in [-0.25, -0.2) is 0 Å². The number of non-ortho nitro benzene ring substituents is 1. The van der Waals surface area contributed by atoms with E-state index in [2.05, 4.69) is 27.9 Å². The molecule has 0 spiro atoms. The molecule has 0 atom stereocenters. The Morgan fingerprint density at radius 3 is 2.45 bits per heavy atom. The number of anilines is 2. The van der Waals surface area contributed by atoms with Crippen molar-refractivity contribution >= 4 is 45.6 Å². The summed E-state index contributed by atoms with van der Waals surface area (Å²) in [6.45, 7) is 0. The van der Waals surface area contributed by atoms with E-state index in [1.165, 1.54) is 12.1 Å². The number of carbonyl (C=O) groups excluding carboxylic acids is 1. The number of nitrogen functional groups attached to an aromatic ring is 1. The largest absolute Gasteiger partial charge is 0.398 e. The Labute approximate surface area is 128 Å². The van der Waals surface area contributed by atoms with E-state index in [1.807, 2.05) is 12.1 Å². The van der Waals surface area contributed by atoms with Crippen LogP contribution in [0.15, 0.2) is 42.5 Å². The van der Waals surface area contributed by atoms with Gasteiger partial charge in [0.15, 0.2) is 0 Å². The zero-order chi connectivity index (χ0) is 14.7. The maximum Gasteiger partial charge on any atom is 0.270 e. The van der Waals surface area contributed by atoms with Gasteiger partial charge in [0.2, 0.25) is 0 Å². The quantitative estimate of drug-likeness (QED) is 0.368. The lowest BCUT2D eigenvalue weighted by atomic mass is 10.1. The maximum absolute atomic E-state index is 12.1. The predicted octanol–water partition coefficient (Wildman–Crippen LogP) is 3.03. The van der Waals surface area contributed by atoms with Crippen molar-refractivity contribution in [3.8, 4) is 0 Å². The highest BCUT2D eigenvalue weighted by Gasteiger charge is 2.15. The van der Waals surface area contributed by atoms with Crippen LogP contribution in [0.4, 0.5) is 17.1 Å². The number of carbonyl (C=O) groups is 1. The molecule has 0 radical (unpaired) electrons. The van der Waals surface area contributed by atoms with Gasteiger partial charge in [0, 0.05) is 27.1 Å². The molecule has 20 heavy (non-hydrogen) atoms. The summed E-state index contributed by atoms with van der Waals surface area (Å²) in [5.41, 5.74) is 6.38. The fourth-order valence-corrected chi connectivity index (χ4v) is 1.95. The number of nitrogens with one attached hydrogen (secondary N) is 1. The summed E-state index contributed by atoms with van der Waals surface area (Å²) in [6, 6.07) is 10.9. The second-order valence-corrected chi connectivity index (χ2v) is 5.24. The minimum absolute atomic E-state index is 0.0813. The van der Waals surface area contributed by atoms with Crippen molar-refractivity contribution in [2.24, 2.45) is 0 Å². The van der Waals surface area contributed by atoms with Crippen molar-refractivity contribution in [3.63, 3.8) is 0 Å². The van der Waals surface area contributed by atoms with Crippen LogP contribution in [-0.2, 0) is 0 Å². The standard InChI is InChI=1S/C13H10IN3O3/c14-8-1-3-9(4-2-8)16-13(18)11-7-10(17(19)20)5-6-12(11)15/h1-7H,15H2,(H,16,18). The van der Waals surface area contributed by atoms with Gasteiger partial charge in [-0.1, -0.05) is 0 Å². The molecular weight excluding hydrogens is 373 g/mol. The number of nitro benzene ring substituents is 1. The summed E-state index contributed by atoms with van der Waals surface area (Å²) in [7, 11) is 0. The monoisotopic (exact) mass is 383 g/mol. The van der Waals surface area contributed by atoms with Crippen LogP contribution in [0.2, 0.25) is 0 Å². The molecule has 0 saturated carbocycles. The summed E-state index contributed by atoms with van der Waals surface area (Å²) in [4.78, 5) is 22.2. The number of nitro groups is 1. The van der Waals surface area contributed by atoms with Crippen LogP contribution >= 0.6 is 22.6 Å². The van der Waals surface area contributed by atoms with Crippen molar-refractivity contribution < 1.29 is 9.72 Å². The maximum atomic E-state index is 12.1. The number of rotatable bonds is 3. The number of amides is 1. The van der Waals surface area contributed by atoms with Crippen LogP contribution in [0.5, 0.6) is 0 Å². The van der Waals surface area contributed by atoms with Crippen LogP contribution in [0, 0.1) is 13.7 Å². The Morgan fingerprint density at radius 1 is 1.20 bits per heavy atom. The first-order valence-electron chi connectivity index (χ1n) is 5.58. The molecule has 6 nitrogen and oxygen atoms in total. The molecule has 0 fully saturated rings. The molecule has 2 aromatic carbocycles. The summed E-state index contributed by atoms with van der Waals surface area (Å²) in [5.74, 6) is -0.479. The topological polar surface area (TPSA) is 98.3 Å². The fraction of sp³-hybridized carbons (Fsp3) is 0. The van der Waals surface area contributed by atoms with E-state index in [4.69, 9.17) is 5.73 Å². The van der Waals surface area contributed by atoms with E-state index < -0.39 is 10.8 Å². The first-order valence-corrected chi connectivity index (χ1v) is 6.66. The lowest BCUT2D eigenvalue weighted by Gasteiger charge is -2.07. The SMILES string of the molecule is Nc1ccc([N+](=O)[O-])cc1C(=O)Nc1ccc(I)cc1. The van der Waals surface area contributed by atoms with Gasteiger partial charge in [0.1, 0.15) is 0 Å². The molecule has 0 aliphatic heterocycles. The number of nitrogens with two attached hydrogens (primary N) is 1. The number of halogens is 1. The lowest BCUT2D eigenvalue weighted by molar-refractivity contribution is -0.384. The zero-order valence-corrected chi connectivity index (χ0v) is 12.3. The van der Waals surface area contributed by atoms with Gasteiger partial charge < -0.3 is 11.1 Å². The van der Waals surface area contributed by atoms with Gasteiger partial charge in [0.05, 0.1) is 10.5 Å². The molecule has 0 aliphatic rings. The number of nitrogens with zero attached hydrogens (tertiary/aromatic N) is 1. The molecule has 2 aromatic rings. The van der Waals surface area contributed by atoms with Crippen molar-refractivity contribution in [3.05, 3.63) is 61.7 Å². The molecule has 0 aromatic heterocycles. The number of hydrogen-bond acceptors (Lipinski definition) is 4. The molecule has 3 N–H and O–H groups in total. The Bertz CT molecular complexity index is 671. The third kappa shape index (κ3) is 3.23. The minimum Gasteiger partial charge on any atom is -0.398 e. The number of hydrogen-bond donors (Lipinski definition) is 2. The van der Waals surface area contributed by atoms with E-state index in [1.54, 1.807) is 12.1 Å². The van der Waals surface area contributed by atoms with Crippen LogP contribution in [0.25, 0.3) is 0 Å². The van der Waals surface area contributed by atoms with Crippen molar-refractivity contribution in [2.45, 2.75) is 0 Å². The summed E-state index contributed by atoms with van der Waals surface area (Å²) in [6.07, 6.45) is 0. The zero-order valence-electron chi connectivity index (χ0n) is 10.2.